The molecule has 0 rings (SSSR count). The molecule has 0 nitrogen and oxygen atoms in total. The smallest absolute Gasteiger partial charge is 0 e. The van der Waals surface area contributed by atoms with Crippen LogP contribution in [-0.2, 0) is 52.2 Å². The van der Waals surface area contributed by atoms with Crippen LogP contribution in [0.2, 0.25) is 8.86 Å². The van der Waals surface area contributed by atoms with Gasteiger partial charge in [-0.3, -0.25) is 0 Å². The van der Waals surface area contributed by atoms with Gasteiger partial charge in [0.15, 0.2) is 0 Å². The zero-order valence-electron chi connectivity index (χ0n) is 3.41. The zero-order valence-corrected chi connectivity index (χ0v) is 14.4. The van der Waals surface area contributed by atoms with E-state index in [1.807, 2.05) is 0 Å². The first-order valence-electron chi connectivity index (χ1n) is 1.41. The van der Waals surface area contributed by atoms with Crippen LogP contribution >= 0.6 is 0 Å². The SMILES string of the molecule is [CH3][Hg][CH3].[Hg]. The molecule has 0 aromatic carbocycles. The van der Waals surface area contributed by atoms with Gasteiger partial charge in [-0.25, -0.2) is 0 Å². The van der Waals surface area contributed by atoms with Gasteiger partial charge in [-0.05, 0) is 0 Å². The van der Waals surface area contributed by atoms with Crippen LogP contribution in [0.5, 0.6) is 0 Å². The first-order valence-corrected chi connectivity index (χ1v) is 12.4. The maximum absolute atomic E-state index is 2.35. The third kappa shape index (κ3) is 9.12. The minimum atomic E-state index is -0.0833. The molecule has 18 valence electrons. The van der Waals surface area contributed by atoms with Crippen LogP contribution in [-0.4, -0.2) is 0 Å². The van der Waals surface area contributed by atoms with Crippen molar-refractivity contribution in [1.29, 1.82) is 0 Å². The standard InChI is InChI=1S/2CH3.2Hg/h2*1H3;;. The van der Waals surface area contributed by atoms with Gasteiger partial charge < -0.3 is 0 Å². The second kappa shape index (κ2) is 8.85. The van der Waals surface area contributed by atoms with Crippen molar-refractivity contribution in [2.45, 2.75) is 8.86 Å². The summed E-state index contributed by atoms with van der Waals surface area (Å²) in [4.78, 5) is 0. The van der Waals surface area contributed by atoms with Crippen molar-refractivity contribution in [3.05, 3.63) is 0 Å². The molecule has 0 spiro atoms. The summed E-state index contributed by atoms with van der Waals surface area (Å²) in [5.41, 5.74) is 0. The van der Waals surface area contributed by atoms with Crippen molar-refractivity contribution >= 4 is 0 Å². The largest absolute Gasteiger partial charge is 0 e. The van der Waals surface area contributed by atoms with E-state index in [0.717, 1.165) is 0 Å². The molecule has 0 amide bonds. The van der Waals surface area contributed by atoms with E-state index in [-0.39, 0.29) is 52.2 Å². The van der Waals surface area contributed by atoms with Gasteiger partial charge in [-0.1, -0.05) is 0 Å². The van der Waals surface area contributed by atoms with Gasteiger partial charge in [0.25, 0.3) is 0 Å². The van der Waals surface area contributed by atoms with Crippen molar-refractivity contribution in [3.63, 3.8) is 0 Å². The second-order valence-corrected chi connectivity index (χ2v) is 6.20. The van der Waals surface area contributed by atoms with E-state index < -0.39 is 0 Å². The fraction of sp³-hybridized carbons (Fsp3) is 1.00. The summed E-state index contributed by atoms with van der Waals surface area (Å²) < 4.78 is 4.69. The Morgan fingerprint density at radius 3 is 1.25 bits per heavy atom. The Morgan fingerprint density at radius 1 is 1.25 bits per heavy atom. The van der Waals surface area contributed by atoms with E-state index >= 15 is 0 Å². The Morgan fingerprint density at radius 2 is 1.25 bits per heavy atom. The monoisotopic (exact) mass is 434 g/mol. The number of hydrogen-bond acceptors (Lipinski definition) is 0. The maximum atomic E-state index is 2.35. The van der Waals surface area contributed by atoms with Crippen LogP contribution in [0.25, 0.3) is 0 Å². The quantitative estimate of drug-likeness (QED) is 0.506. The van der Waals surface area contributed by atoms with Gasteiger partial charge in [-0.2, -0.15) is 0 Å². The van der Waals surface area contributed by atoms with E-state index in [0.29, 0.717) is 0 Å². The predicted molar refractivity (Wildman–Crippen MR) is 11.7 cm³/mol. The molecule has 0 aliphatic heterocycles. The summed E-state index contributed by atoms with van der Waals surface area (Å²) in [6, 6.07) is 0. The van der Waals surface area contributed by atoms with Gasteiger partial charge in [0.05, 0.1) is 0 Å². The Balaban J connectivity index is 0. The molecule has 0 aromatic heterocycles. The van der Waals surface area contributed by atoms with Crippen LogP contribution < -0.4 is 0 Å². The van der Waals surface area contributed by atoms with Crippen molar-refractivity contribution in [3.8, 4) is 0 Å². The minimum absolute atomic E-state index is 0. The van der Waals surface area contributed by atoms with Crippen LogP contribution in [0.4, 0.5) is 0 Å². The van der Waals surface area contributed by atoms with Gasteiger partial charge in [0.1, 0.15) is 0 Å². The van der Waals surface area contributed by atoms with Gasteiger partial charge in [0, 0.05) is 27.7 Å². The topological polar surface area (TPSA) is 0 Å². The molecular weight excluding hydrogens is 425 g/mol. The number of rotatable bonds is 0. The summed E-state index contributed by atoms with van der Waals surface area (Å²) in [5.74, 6) is 0. The molecule has 4 heavy (non-hydrogen) atoms. The third-order valence-corrected chi connectivity index (χ3v) is 0. The molecule has 0 atom stereocenters. The van der Waals surface area contributed by atoms with E-state index in [1.165, 1.54) is 0 Å². The molecule has 0 unspecified atom stereocenters. The van der Waals surface area contributed by atoms with Gasteiger partial charge in [-0.15, -0.1) is 0 Å². The maximum Gasteiger partial charge on any atom is 0 e. The molecular formula is C2H6Hg2. The Labute approximate surface area is 60.3 Å². The fourth-order valence-electron chi connectivity index (χ4n) is 0. The Kier molecular flexibility index (Phi) is 20.6. The van der Waals surface area contributed by atoms with E-state index in [9.17, 15) is 0 Å². The molecule has 2 heteroatoms. The van der Waals surface area contributed by atoms with Crippen molar-refractivity contribution in [2.24, 2.45) is 0 Å². The van der Waals surface area contributed by atoms with Crippen molar-refractivity contribution in [2.75, 3.05) is 0 Å². The van der Waals surface area contributed by atoms with Crippen LogP contribution in [0, 0.1) is 0 Å². The average Bonchev–Trinajstić information content (AvgIpc) is 0.918. The molecule has 0 saturated heterocycles. The predicted octanol–water partition coefficient (Wildman–Crippen LogP) is 1.16. The van der Waals surface area contributed by atoms with Gasteiger partial charge in [0.2, 0.25) is 0 Å². The zero-order chi connectivity index (χ0) is 2.71. The first-order chi connectivity index (χ1) is 1.41. The van der Waals surface area contributed by atoms with E-state index in [2.05, 4.69) is 8.86 Å². The summed E-state index contributed by atoms with van der Waals surface area (Å²) in [6.45, 7) is 0. The van der Waals surface area contributed by atoms with E-state index in [4.69, 9.17) is 0 Å². The van der Waals surface area contributed by atoms with E-state index in [1.54, 1.807) is 0 Å². The summed E-state index contributed by atoms with van der Waals surface area (Å²) in [7, 11) is 0. The Hall–Kier alpha value is 1.87. The summed E-state index contributed by atoms with van der Waals surface area (Å²) in [6.07, 6.45) is 0. The first kappa shape index (κ1) is 9.30. The normalized spacial score (nSPS) is 2.50. The van der Waals surface area contributed by atoms with Crippen LogP contribution in [0.15, 0.2) is 0 Å². The summed E-state index contributed by atoms with van der Waals surface area (Å²) >= 11 is -0.0833. The minimum Gasteiger partial charge on any atom is 0 e. The third-order valence-electron chi connectivity index (χ3n) is 0. The summed E-state index contributed by atoms with van der Waals surface area (Å²) in [5, 5.41) is 0. The molecule has 0 radical (unpaired) electrons. The van der Waals surface area contributed by atoms with Crippen LogP contribution in [0.1, 0.15) is 0 Å². The number of hydrogen-bond donors (Lipinski definition) is 0. The van der Waals surface area contributed by atoms with Crippen molar-refractivity contribution in [1.82, 2.24) is 0 Å². The molecule has 0 fully saturated rings. The molecule has 0 aliphatic carbocycles. The molecule has 0 aromatic rings. The van der Waals surface area contributed by atoms with Gasteiger partial charge >= 0.3 is 33.4 Å². The van der Waals surface area contributed by atoms with Crippen molar-refractivity contribution < 1.29 is 52.2 Å². The molecule has 0 N–H and O–H groups in total. The molecule has 0 heterocycles. The molecule has 0 aliphatic rings. The average molecular weight is 431 g/mol. The second-order valence-electron chi connectivity index (χ2n) is 0.707. The Bertz CT molecular complexity index is 4.00. The van der Waals surface area contributed by atoms with Crippen LogP contribution in [0.3, 0.4) is 0 Å². The molecule has 0 bridgehead atoms. The molecule has 0 saturated carbocycles. The fourth-order valence-corrected chi connectivity index (χ4v) is 0.